The van der Waals surface area contributed by atoms with Gasteiger partial charge in [0.05, 0.1) is 41.6 Å². The third-order valence-electron chi connectivity index (χ3n) is 6.13. The minimum atomic E-state index is -0.387. The van der Waals surface area contributed by atoms with Crippen molar-refractivity contribution in [1.82, 2.24) is 30.1 Å². The Labute approximate surface area is 205 Å². The third-order valence-corrected chi connectivity index (χ3v) is 6.13. The van der Waals surface area contributed by atoms with E-state index >= 15 is 0 Å². The lowest BCUT2D eigenvalue weighted by Crippen LogP contribution is -2.08. The van der Waals surface area contributed by atoms with Crippen molar-refractivity contribution in [3.8, 4) is 39.7 Å². The Kier molecular flexibility index (Phi) is 5.10. The first-order valence-corrected chi connectivity index (χ1v) is 11.3. The smallest absolute Gasteiger partial charge is 0.135 e. The number of anilines is 1. The molecular weight excluding hydrogens is 457 g/mol. The Morgan fingerprint density at radius 2 is 1.81 bits per heavy atom. The summed E-state index contributed by atoms with van der Waals surface area (Å²) >= 11 is 0. The largest absolute Gasteiger partial charge is 0.497 e. The lowest BCUT2D eigenvalue weighted by Gasteiger charge is -2.12. The topological polar surface area (TPSA) is 95.6 Å². The maximum Gasteiger partial charge on any atom is 0.135 e. The number of H-pyrrole nitrogens is 2. The number of aromatic amines is 2. The number of ether oxygens (including phenoxy) is 1. The van der Waals surface area contributed by atoms with Crippen LogP contribution in [-0.4, -0.2) is 51.3 Å². The summed E-state index contributed by atoms with van der Waals surface area (Å²) in [4.78, 5) is 19.2. The molecule has 1 aromatic carbocycles. The standard InChI is InChI=1S/C27H22FN7O/c1-35(2)18-9-16(13-29-14-18)21-4-5-23-26(32-21)27(34-33-23)24-12-20-22(31-24)6-7-30-25(20)15-8-17(28)11-19(10-15)36-3/h4-14,31H,1-3H3,(H,33,34). The average Bonchev–Trinajstić information content (AvgIpc) is 3.51. The van der Waals surface area contributed by atoms with Crippen molar-refractivity contribution >= 4 is 27.6 Å². The molecule has 0 aliphatic heterocycles. The Bertz CT molecular complexity index is 1740. The molecule has 5 heterocycles. The number of rotatable bonds is 5. The molecule has 5 aromatic heterocycles. The van der Waals surface area contributed by atoms with E-state index in [0.717, 1.165) is 44.6 Å². The van der Waals surface area contributed by atoms with Gasteiger partial charge in [-0.15, -0.1) is 0 Å². The van der Waals surface area contributed by atoms with Crippen LogP contribution in [0.1, 0.15) is 0 Å². The van der Waals surface area contributed by atoms with Crippen LogP contribution in [0, 0.1) is 5.82 Å². The van der Waals surface area contributed by atoms with Crippen LogP contribution in [-0.2, 0) is 0 Å². The number of fused-ring (bicyclic) bond motifs is 2. The molecule has 6 rings (SSSR count). The SMILES string of the molecule is COc1cc(F)cc(-c2nccc3[nH]c(-c4n[nH]c5ccc(-c6cncc(N(C)C)c6)nc45)cc23)c1. The van der Waals surface area contributed by atoms with Gasteiger partial charge < -0.3 is 14.6 Å². The molecule has 36 heavy (non-hydrogen) atoms. The van der Waals surface area contributed by atoms with Crippen molar-refractivity contribution in [3.63, 3.8) is 0 Å². The number of benzene rings is 1. The van der Waals surface area contributed by atoms with Crippen LogP contribution in [0.4, 0.5) is 10.1 Å². The Morgan fingerprint density at radius 1 is 0.917 bits per heavy atom. The van der Waals surface area contributed by atoms with Gasteiger partial charge in [0.25, 0.3) is 0 Å². The molecule has 0 atom stereocenters. The van der Waals surface area contributed by atoms with Crippen LogP contribution in [0.3, 0.4) is 0 Å². The van der Waals surface area contributed by atoms with Crippen LogP contribution in [0.5, 0.6) is 5.75 Å². The van der Waals surface area contributed by atoms with Gasteiger partial charge >= 0.3 is 0 Å². The summed E-state index contributed by atoms with van der Waals surface area (Å²) < 4.78 is 19.4. The van der Waals surface area contributed by atoms with Gasteiger partial charge in [0.1, 0.15) is 22.8 Å². The second-order valence-corrected chi connectivity index (χ2v) is 8.67. The van der Waals surface area contributed by atoms with Crippen molar-refractivity contribution in [3.05, 3.63) is 72.9 Å². The summed E-state index contributed by atoms with van der Waals surface area (Å²) in [5, 5.41) is 8.46. The molecule has 0 bridgehead atoms. The molecule has 8 nitrogen and oxygen atoms in total. The van der Waals surface area contributed by atoms with Gasteiger partial charge in [-0.2, -0.15) is 5.10 Å². The fourth-order valence-corrected chi connectivity index (χ4v) is 4.29. The normalized spacial score (nSPS) is 11.3. The van der Waals surface area contributed by atoms with Gasteiger partial charge in [-0.05, 0) is 42.5 Å². The highest BCUT2D eigenvalue weighted by molar-refractivity contribution is 5.99. The average molecular weight is 480 g/mol. The van der Waals surface area contributed by atoms with E-state index < -0.39 is 0 Å². The zero-order valence-electron chi connectivity index (χ0n) is 19.9. The molecular formula is C27H22FN7O. The van der Waals surface area contributed by atoms with Crippen LogP contribution >= 0.6 is 0 Å². The molecule has 9 heteroatoms. The van der Waals surface area contributed by atoms with Crippen LogP contribution in [0.25, 0.3) is 55.8 Å². The third kappa shape index (κ3) is 3.70. The highest BCUT2D eigenvalue weighted by Gasteiger charge is 2.17. The number of aromatic nitrogens is 6. The Morgan fingerprint density at radius 3 is 2.64 bits per heavy atom. The fourth-order valence-electron chi connectivity index (χ4n) is 4.29. The van der Waals surface area contributed by atoms with Gasteiger partial charge in [-0.25, -0.2) is 9.37 Å². The van der Waals surface area contributed by atoms with Gasteiger partial charge in [0.15, 0.2) is 0 Å². The molecule has 0 spiro atoms. The summed E-state index contributed by atoms with van der Waals surface area (Å²) in [6.45, 7) is 0. The van der Waals surface area contributed by atoms with E-state index in [0.29, 0.717) is 22.7 Å². The van der Waals surface area contributed by atoms with Crippen molar-refractivity contribution in [1.29, 1.82) is 0 Å². The molecule has 6 aromatic rings. The van der Waals surface area contributed by atoms with Crippen molar-refractivity contribution in [2.24, 2.45) is 0 Å². The highest BCUT2D eigenvalue weighted by atomic mass is 19.1. The Hall–Kier alpha value is -4.79. The molecule has 178 valence electrons. The van der Waals surface area contributed by atoms with Crippen molar-refractivity contribution in [2.75, 3.05) is 26.1 Å². The number of hydrogen-bond acceptors (Lipinski definition) is 6. The summed E-state index contributed by atoms with van der Waals surface area (Å²) in [5.74, 6) is 0.0455. The lowest BCUT2D eigenvalue weighted by atomic mass is 10.1. The van der Waals surface area contributed by atoms with Crippen LogP contribution in [0.2, 0.25) is 0 Å². The number of nitrogens with zero attached hydrogens (tertiary/aromatic N) is 5. The predicted molar refractivity (Wildman–Crippen MR) is 138 cm³/mol. The number of methoxy groups -OCH3 is 1. The molecule has 0 amide bonds. The Balaban J connectivity index is 1.47. The quantitative estimate of drug-likeness (QED) is 0.342. The molecule has 0 unspecified atom stereocenters. The summed E-state index contributed by atoms with van der Waals surface area (Å²) in [7, 11) is 5.47. The van der Waals surface area contributed by atoms with E-state index in [1.807, 2.05) is 49.5 Å². The first-order chi connectivity index (χ1) is 17.5. The highest BCUT2D eigenvalue weighted by Crippen LogP contribution is 2.34. The molecule has 0 radical (unpaired) electrons. The van der Waals surface area contributed by atoms with Gasteiger partial charge in [-0.3, -0.25) is 15.1 Å². The zero-order chi connectivity index (χ0) is 24.8. The molecule has 0 aliphatic rings. The minimum absolute atomic E-state index is 0.387. The van der Waals surface area contributed by atoms with Crippen LogP contribution < -0.4 is 9.64 Å². The second kappa shape index (κ2) is 8.46. The molecule has 0 saturated heterocycles. The fraction of sp³-hybridized carbons (Fsp3) is 0.111. The lowest BCUT2D eigenvalue weighted by molar-refractivity contribution is 0.411. The van der Waals surface area contributed by atoms with E-state index in [1.165, 1.54) is 19.2 Å². The van der Waals surface area contributed by atoms with E-state index in [9.17, 15) is 4.39 Å². The molecule has 0 saturated carbocycles. The van der Waals surface area contributed by atoms with Crippen molar-refractivity contribution in [2.45, 2.75) is 0 Å². The second-order valence-electron chi connectivity index (χ2n) is 8.67. The first kappa shape index (κ1) is 21.7. The number of halogens is 1. The molecule has 0 aliphatic carbocycles. The van der Waals surface area contributed by atoms with Crippen LogP contribution in [0.15, 0.2) is 67.1 Å². The predicted octanol–water partition coefficient (Wildman–Crippen LogP) is 5.44. The molecule has 0 fully saturated rings. The van der Waals surface area contributed by atoms with Gasteiger partial charge in [0.2, 0.25) is 0 Å². The minimum Gasteiger partial charge on any atom is -0.497 e. The van der Waals surface area contributed by atoms with E-state index in [2.05, 4.69) is 31.2 Å². The van der Waals surface area contributed by atoms with Crippen molar-refractivity contribution < 1.29 is 9.13 Å². The van der Waals surface area contributed by atoms with E-state index in [-0.39, 0.29) is 5.82 Å². The monoisotopic (exact) mass is 479 g/mol. The maximum atomic E-state index is 14.2. The summed E-state index contributed by atoms with van der Waals surface area (Å²) in [6.07, 6.45) is 5.31. The maximum absolute atomic E-state index is 14.2. The van der Waals surface area contributed by atoms with E-state index in [1.54, 1.807) is 18.5 Å². The molecule has 2 N–H and O–H groups in total. The van der Waals surface area contributed by atoms with Gasteiger partial charge in [-0.1, -0.05) is 0 Å². The number of nitrogens with one attached hydrogen (secondary N) is 2. The number of pyridine rings is 3. The number of hydrogen-bond donors (Lipinski definition) is 2. The van der Waals surface area contributed by atoms with Gasteiger partial charge in [0, 0.05) is 54.6 Å². The summed E-state index contributed by atoms with van der Waals surface area (Å²) in [6, 6.07) is 14.4. The van der Waals surface area contributed by atoms with E-state index in [4.69, 9.17) is 9.72 Å². The first-order valence-electron chi connectivity index (χ1n) is 11.3. The zero-order valence-corrected chi connectivity index (χ0v) is 19.9. The summed E-state index contributed by atoms with van der Waals surface area (Å²) in [5.41, 5.74) is 7.84.